The van der Waals surface area contributed by atoms with Crippen LogP contribution in [0.25, 0.3) is 22.4 Å². The molecule has 0 aliphatic rings. The number of fused-ring (bicyclic) bond motifs is 1. The minimum absolute atomic E-state index is 0.0757. The molecule has 1 unspecified atom stereocenters. The third-order valence-electron chi connectivity index (χ3n) is 4.57. The second kappa shape index (κ2) is 7.07. The Morgan fingerprint density at radius 2 is 2.00 bits per heavy atom. The average Bonchev–Trinajstić information content (AvgIpc) is 3.31. The van der Waals surface area contributed by atoms with E-state index in [0.717, 1.165) is 28.0 Å². The fourth-order valence-electron chi connectivity index (χ4n) is 3.28. The van der Waals surface area contributed by atoms with Crippen molar-refractivity contribution in [3.05, 3.63) is 72.2 Å². The Bertz CT molecular complexity index is 1070. The standard InChI is InChI=1S/C21H20N4O2/c1-14(16-7-4-3-5-8-16)23-19(26)13-25-21-20(15(2)24-25)17(10-11-22-21)18-9-6-12-27-18/h3-12,14H,13H2,1-2H3,(H,23,26). The van der Waals surface area contributed by atoms with Gasteiger partial charge in [0.15, 0.2) is 5.65 Å². The third-order valence-corrected chi connectivity index (χ3v) is 4.57. The van der Waals surface area contributed by atoms with E-state index in [4.69, 9.17) is 4.42 Å². The molecular formula is C21H20N4O2. The SMILES string of the molecule is Cc1nn(CC(=O)NC(C)c2ccccc2)c2nccc(-c3ccco3)c12. The van der Waals surface area contributed by atoms with Crippen LogP contribution in [0.5, 0.6) is 0 Å². The smallest absolute Gasteiger partial charge is 0.242 e. The molecule has 0 saturated heterocycles. The van der Waals surface area contributed by atoms with E-state index in [2.05, 4.69) is 15.4 Å². The molecule has 0 spiro atoms. The summed E-state index contributed by atoms with van der Waals surface area (Å²) in [5.74, 6) is 0.646. The summed E-state index contributed by atoms with van der Waals surface area (Å²) in [6.45, 7) is 3.99. The molecular weight excluding hydrogens is 340 g/mol. The number of nitrogens with zero attached hydrogens (tertiary/aromatic N) is 3. The first-order valence-corrected chi connectivity index (χ1v) is 8.84. The molecule has 3 aromatic heterocycles. The highest BCUT2D eigenvalue weighted by Gasteiger charge is 2.17. The number of nitrogens with one attached hydrogen (secondary N) is 1. The fourth-order valence-corrected chi connectivity index (χ4v) is 3.28. The van der Waals surface area contributed by atoms with Crippen molar-refractivity contribution in [2.24, 2.45) is 0 Å². The van der Waals surface area contributed by atoms with E-state index >= 15 is 0 Å². The van der Waals surface area contributed by atoms with Gasteiger partial charge in [-0.3, -0.25) is 4.79 Å². The van der Waals surface area contributed by atoms with Gasteiger partial charge in [0.25, 0.3) is 0 Å². The van der Waals surface area contributed by atoms with E-state index in [1.807, 2.05) is 62.4 Å². The molecule has 1 atom stereocenters. The van der Waals surface area contributed by atoms with Gasteiger partial charge in [-0.15, -0.1) is 0 Å². The number of amides is 1. The number of rotatable bonds is 5. The number of carbonyl (C=O) groups is 1. The van der Waals surface area contributed by atoms with Crippen LogP contribution in [0.15, 0.2) is 65.4 Å². The van der Waals surface area contributed by atoms with Crippen molar-refractivity contribution in [2.45, 2.75) is 26.4 Å². The summed E-state index contributed by atoms with van der Waals surface area (Å²) in [6, 6.07) is 15.4. The Morgan fingerprint density at radius 1 is 1.19 bits per heavy atom. The van der Waals surface area contributed by atoms with Crippen LogP contribution >= 0.6 is 0 Å². The van der Waals surface area contributed by atoms with Gasteiger partial charge in [0.05, 0.1) is 23.4 Å². The van der Waals surface area contributed by atoms with Gasteiger partial charge < -0.3 is 9.73 Å². The van der Waals surface area contributed by atoms with Crippen LogP contribution < -0.4 is 5.32 Å². The van der Waals surface area contributed by atoms with Crippen LogP contribution in [0.1, 0.15) is 24.2 Å². The van der Waals surface area contributed by atoms with Crippen molar-refractivity contribution in [1.82, 2.24) is 20.1 Å². The Labute approximate surface area is 156 Å². The van der Waals surface area contributed by atoms with Crippen molar-refractivity contribution in [2.75, 3.05) is 0 Å². The fraction of sp³-hybridized carbons (Fsp3) is 0.190. The highest BCUT2D eigenvalue weighted by molar-refractivity contribution is 5.93. The van der Waals surface area contributed by atoms with Gasteiger partial charge in [0.1, 0.15) is 12.3 Å². The number of hydrogen-bond donors (Lipinski definition) is 1. The number of benzene rings is 1. The first kappa shape index (κ1) is 17.0. The Hall–Kier alpha value is -3.41. The van der Waals surface area contributed by atoms with Crippen molar-refractivity contribution >= 4 is 16.9 Å². The zero-order chi connectivity index (χ0) is 18.8. The topological polar surface area (TPSA) is 73.0 Å². The molecule has 6 nitrogen and oxygen atoms in total. The summed E-state index contributed by atoms with van der Waals surface area (Å²) in [5, 5.41) is 8.45. The van der Waals surface area contributed by atoms with Gasteiger partial charge in [-0.25, -0.2) is 9.67 Å². The molecule has 6 heteroatoms. The maximum atomic E-state index is 12.5. The van der Waals surface area contributed by atoms with Gasteiger partial charge >= 0.3 is 0 Å². The summed E-state index contributed by atoms with van der Waals surface area (Å²) in [6.07, 6.45) is 3.35. The molecule has 1 N–H and O–H groups in total. The van der Waals surface area contributed by atoms with Gasteiger partial charge in [-0.05, 0) is 37.6 Å². The molecule has 1 amide bonds. The lowest BCUT2D eigenvalue weighted by molar-refractivity contribution is -0.122. The van der Waals surface area contributed by atoms with Crippen LogP contribution in [0.4, 0.5) is 0 Å². The normalized spacial score (nSPS) is 12.2. The second-order valence-corrected chi connectivity index (χ2v) is 6.48. The number of aryl methyl sites for hydroxylation is 1. The maximum Gasteiger partial charge on any atom is 0.242 e. The molecule has 136 valence electrons. The molecule has 0 fully saturated rings. The summed E-state index contributed by atoms with van der Waals surface area (Å²) in [5.41, 5.74) is 3.47. The zero-order valence-corrected chi connectivity index (χ0v) is 15.2. The molecule has 0 radical (unpaired) electrons. The van der Waals surface area contributed by atoms with Crippen LogP contribution in [0.3, 0.4) is 0 Å². The molecule has 0 aliphatic carbocycles. The van der Waals surface area contributed by atoms with Crippen molar-refractivity contribution in [3.8, 4) is 11.3 Å². The van der Waals surface area contributed by atoms with Crippen molar-refractivity contribution in [3.63, 3.8) is 0 Å². The van der Waals surface area contributed by atoms with Crippen molar-refractivity contribution < 1.29 is 9.21 Å². The molecule has 3 heterocycles. The average molecular weight is 360 g/mol. The molecule has 0 bridgehead atoms. The first-order valence-electron chi connectivity index (χ1n) is 8.84. The molecule has 4 rings (SSSR count). The highest BCUT2D eigenvalue weighted by atomic mass is 16.3. The number of hydrogen-bond acceptors (Lipinski definition) is 4. The largest absolute Gasteiger partial charge is 0.464 e. The molecule has 4 aromatic rings. The maximum absolute atomic E-state index is 12.5. The number of carbonyl (C=O) groups excluding carboxylic acids is 1. The lowest BCUT2D eigenvalue weighted by Gasteiger charge is -2.14. The minimum atomic E-state index is -0.110. The lowest BCUT2D eigenvalue weighted by Crippen LogP contribution is -2.30. The third kappa shape index (κ3) is 3.33. The highest BCUT2D eigenvalue weighted by Crippen LogP contribution is 2.29. The quantitative estimate of drug-likeness (QED) is 0.586. The van der Waals surface area contributed by atoms with Gasteiger partial charge in [0, 0.05) is 11.8 Å². The summed E-state index contributed by atoms with van der Waals surface area (Å²) in [4.78, 5) is 17.0. The van der Waals surface area contributed by atoms with E-state index < -0.39 is 0 Å². The predicted octanol–water partition coefficient (Wildman–Crippen LogP) is 3.88. The monoisotopic (exact) mass is 360 g/mol. The van der Waals surface area contributed by atoms with Crippen LogP contribution in [0.2, 0.25) is 0 Å². The van der Waals surface area contributed by atoms with E-state index in [0.29, 0.717) is 5.65 Å². The van der Waals surface area contributed by atoms with Crippen molar-refractivity contribution in [1.29, 1.82) is 0 Å². The van der Waals surface area contributed by atoms with Gasteiger partial charge in [-0.1, -0.05) is 30.3 Å². The van der Waals surface area contributed by atoms with Crippen LogP contribution in [-0.4, -0.2) is 20.7 Å². The van der Waals surface area contributed by atoms with Gasteiger partial charge in [-0.2, -0.15) is 5.10 Å². The molecule has 27 heavy (non-hydrogen) atoms. The molecule has 0 saturated carbocycles. The van der Waals surface area contributed by atoms with E-state index in [1.54, 1.807) is 17.1 Å². The second-order valence-electron chi connectivity index (χ2n) is 6.48. The predicted molar refractivity (Wildman–Crippen MR) is 103 cm³/mol. The molecule has 0 aliphatic heterocycles. The van der Waals surface area contributed by atoms with Crippen LogP contribution in [-0.2, 0) is 11.3 Å². The summed E-state index contributed by atoms with van der Waals surface area (Å²) in [7, 11) is 0. The summed E-state index contributed by atoms with van der Waals surface area (Å²) >= 11 is 0. The van der Waals surface area contributed by atoms with E-state index in [1.165, 1.54) is 0 Å². The lowest BCUT2D eigenvalue weighted by atomic mass is 10.1. The number of furan rings is 1. The Morgan fingerprint density at radius 3 is 2.74 bits per heavy atom. The minimum Gasteiger partial charge on any atom is -0.464 e. The summed E-state index contributed by atoms with van der Waals surface area (Å²) < 4.78 is 7.17. The van der Waals surface area contributed by atoms with E-state index in [9.17, 15) is 4.79 Å². The Kier molecular flexibility index (Phi) is 4.46. The van der Waals surface area contributed by atoms with Gasteiger partial charge in [0.2, 0.25) is 5.91 Å². The van der Waals surface area contributed by atoms with E-state index in [-0.39, 0.29) is 18.5 Å². The first-order chi connectivity index (χ1) is 13.1. The van der Waals surface area contributed by atoms with Crippen LogP contribution in [0, 0.1) is 6.92 Å². The zero-order valence-electron chi connectivity index (χ0n) is 15.2. The Balaban J connectivity index is 1.59. The number of aromatic nitrogens is 3. The number of pyridine rings is 1. The molecule has 1 aromatic carbocycles.